The zero-order chi connectivity index (χ0) is 11.8. The number of hydrogen-bond acceptors (Lipinski definition) is 2. The Labute approximate surface area is 95.1 Å². The number of carbonyl (C=O) groups is 1. The molecule has 0 aliphatic rings. The van der Waals surface area contributed by atoms with E-state index in [1.165, 1.54) is 0 Å². The lowest BCUT2D eigenvalue weighted by Crippen LogP contribution is -2.15. The van der Waals surface area contributed by atoms with Gasteiger partial charge in [-0.05, 0) is 12.1 Å². The summed E-state index contributed by atoms with van der Waals surface area (Å²) < 4.78 is 2.07. The van der Waals surface area contributed by atoms with Gasteiger partial charge in [0.2, 0.25) is 0 Å². The minimum atomic E-state index is -0.0224. The minimum absolute atomic E-state index is 0.0224. The summed E-state index contributed by atoms with van der Waals surface area (Å²) in [6.07, 6.45) is 3.28. The van der Waals surface area contributed by atoms with Crippen LogP contribution in [0.3, 0.4) is 0 Å². The maximum absolute atomic E-state index is 10.6. The SMILES string of the molecule is CC(C)(C)c1nc(CC=O)c2ccccn12. The lowest BCUT2D eigenvalue weighted by molar-refractivity contribution is -0.107. The second-order valence-corrected chi connectivity index (χ2v) is 4.96. The fourth-order valence-electron chi connectivity index (χ4n) is 1.86. The molecule has 2 rings (SSSR count). The Morgan fingerprint density at radius 2 is 2.12 bits per heavy atom. The Morgan fingerprint density at radius 3 is 2.75 bits per heavy atom. The van der Waals surface area contributed by atoms with E-state index in [4.69, 9.17) is 0 Å². The zero-order valence-electron chi connectivity index (χ0n) is 9.90. The highest BCUT2D eigenvalue weighted by Crippen LogP contribution is 2.24. The average molecular weight is 216 g/mol. The molecule has 0 atom stereocenters. The number of imidazole rings is 1. The van der Waals surface area contributed by atoms with Gasteiger partial charge in [0.05, 0.1) is 11.2 Å². The molecule has 0 unspecified atom stereocenters. The maximum atomic E-state index is 10.6. The van der Waals surface area contributed by atoms with E-state index in [1.807, 2.05) is 24.4 Å². The standard InChI is InChI=1S/C13H16N2O/c1-13(2,3)12-14-10(7-9-16)11-6-4-5-8-15(11)12/h4-6,8-9H,7H2,1-3H3. The fourth-order valence-corrected chi connectivity index (χ4v) is 1.86. The van der Waals surface area contributed by atoms with E-state index in [0.29, 0.717) is 6.42 Å². The summed E-state index contributed by atoms with van der Waals surface area (Å²) in [5.74, 6) is 1.000. The molecule has 0 aliphatic carbocycles. The molecule has 2 aromatic heterocycles. The van der Waals surface area contributed by atoms with E-state index in [-0.39, 0.29) is 5.41 Å². The first-order valence-electron chi connectivity index (χ1n) is 5.44. The van der Waals surface area contributed by atoms with E-state index in [2.05, 4.69) is 30.2 Å². The van der Waals surface area contributed by atoms with Gasteiger partial charge < -0.3 is 9.20 Å². The molecule has 3 heteroatoms. The molecular formula is C13H16N2O. The van der Waals surface area contributed by atoms with E-state index >= 15 is 0 Å². The molecule has 2 aromatic rings. The van der Waals surface area contributed by atoms with Crippen LogP contribution in [0.4, 0.5) is 0 Å². The van der Waals surface area contributed by atoms with Gasteiger partial charge in [-0.25, -0.2) is 4.98 Å². The molecule has 0 bridgehead atoms. The van der Waals surface area contributed by atoms with Crippen LogP contribution in [-0.4, -0.2) is 15.7 Å². The van der Waals surface area contributed by atoms with Crippen LogP contribution in [0.5, 0.6) is 0 Å². The highest BCUT2D eigenvalue weighted by molar-refractivity contribution is 5.63. The Kier molecular flexibility index (Phi) is 2.54. The number of pyridine rings is 1. The van der Waals surface area contributed by atoms with Crippen molar-refractivity contribution in [1.29, 1.82) is 0 Å². The summed E-state index contributed by atoms with van der Waals surface area (Å²) in [7, 11) is 0. The Bertz CT molecular complexity index is 520. The van der Waals surface area contributed by atoms with Gasteiger partial charge in [-0.3, -0.25) is 0 Å². The molecular weight excluding hydrogens is 200 g/mol. The Hall–Kier alpha value is -1.64. The molecule has 0 amide bonds. The Balaban J connectivity index is 2.71. The van der Waals surface area contributed by atoms with Crippen molar-refractivity contribution in [3.63, 3.8) is 0 Å². The smallest absolute Gasteiger partial charge is 0.126 e. The molecule has 0 aliphatic heterocycles. The van der Waals surface area contributed by atoms with Crippen LogP contribution in [0.2, 0.25) is 0 Å². The number of hydrogen-bond donors (Lipinski definition) is 0. The van der Waals surface area contributed by atoms with Crippen molar-refractivity contribution in [3.05, 3.63) is 35.9 Å². The number of aromatic nitrogens is 2. The third-order valence-corrected chi connectivity index (χ3v) is 2.57. The van der Waals surface area contributed by atoms with E-state index in [1.54, 1.807) is 0 Å². The third kappa shape index (κ3) is 1.73. The third-order valence-electron chi connectivity index (χ3n) is 2.57. The zero-order valence-corrected chi connectivity index (χ0v) is 9.90. The van der Waals surface area contributed by atoms with Gasteiger partial charge in [0.1, 0.15) is 12.1 Å². The van der Waals surface area contributed by atoms with E-state index in [0.717, 1.165) is 23.3 Å². The summed E-state index contributed by atoms with van der Waals surface area (Å²) >= 11 is 0. The first-order valence-corrected chi connectivity index (χ1v) is 5.44. The van der Waals surface area contributed by atoms with Gasteiger partial charge >= 0.3 is 0 Å². The lowest BCUT2D eigenvalue weighted by Gasteiger charge is -2.16. The first kappa shape index (κ1) is 10.9. The van der Waals surface area contributed by atoms with Crippen molar-refractivity contribution < 1.29 is 4.79 Å². The van der Waals surface area contributed by atoms with Crippen LogP contribution in [0.25, 0.3) is 5.52 Å². The van der Waals surface area contributed by atoms with Crippen molar-refractivity contribution in [2.75, 3.05) is 0 Å². The van der Waals surface area contributed by atoms with Gasteiger partial charge in [0.25, 0.3) is 0 Å². The van der Waals surface area contributed by atoms with Gasteiger partial charge in [-0.1, -0.05) is 26.8 Å². The maximum Gasteiger partial charge on any atom is 0.126 e. The van der Waals surface area contributed by atoms with Gasteiger partial charge in [-0.15, -0.1) is 0 Å². The lowest BCUT2D eigenvalue weighted by atomic mass is 9.96. The van der Waals surface area contributed by atoms with Crippen molar-refractivity contribution in [1.82, 2.24) is 9.38 Å². The molecule has 0 saturated carbocycles. The second kappa shape index (κ2) is 3.74. The average Bonchev–Trinajstić information content (AvgIpc) is 2.58. The minimum Gasteiger partial charge on any atom is -0.303 e. The molecule has 0 aromatic carbocycles. The molecule has 16 heavy (non-hydrogen) atoms. The summed E-state index contributed by atoms with van der Waals surface area (Å²) in [5.41, 5.74) is 1.87. The van der Waals surface area contributed by atoms with Crippen LogP contribution in [0.15, 0.2) is 24.4 Å². The number of aldehydes is 1. The first-order chi connectivity index (χ1) is 7.54. The molecule has 0 saturated heterocycles. The topological polar surface area (TPSA) is 34.4 Å². The molecule has 0 radical (unpaired) electrons. The van der Waals surface area contributed by atoms with E-state index in [9.17, 15) is 4.79 Å². The highest BCUT2D eigenvalue weighted by Gasteiger charge is 2.21. The molecule has 2 heterocycles. The normalized spacial score (nSPS) is 11.9. The van der Waals surface area contributed by atoms with Gasteiger partial charge in [-0.2, -0.15) is 0 Å². The Morgan fingerprint density at radius 1 is 1.38 bits per heavy atom. The molecule has 0 spiro atoms. The summed E-state index contributed by atoms with van der Waals surface area (Å²) in [5, 5.41) is 0. The van der Waals surface area contributed by atoms with Gasteiger partial charge in [0.15, 0.2) is 0 Å². The van der Waals surface area contributed by atoms with E-state index < -0.39 is 0 Å². The van der Waals surface area contributed by atoms with Crippen molar-refractivity contribution in [2.24, 2.45) is 0 Å². The predicted octanol–water partition coefficient (Wildman–Crippen LogP) is 2.37. The van der Waals surface area contributed by atoms with Gasteiger partial charge in [0, 0.05) is 18.0 Å². The summed E-state index contributed by atoms with van der Waals surface area (Å²) in [6, 6.07) is 5.95. The molecule has 0 N–H and O–H groups in total. The van der Waals surface area contributed by atoms with Crippen LogP contribution in [0, 0.1) is 0 Å². The van der Waals surface area contributed by atoms with Crippen molar-refractivity contribution >= 4 is 11.8 Å². The largest absolute Gasteiger partial charge is 0.303 e. The fraction of sp³-hybridized carbons (Fsp3) is 0.385. The quantitative estimate of drug-likeness (QED) is 0.722. The van der Waals surface area contributed by atoms with Crippen LogP contribution in [0.1, 0.15) is 32.3 Å². The number of nitrogens with zero attached hydrogens (tertiary/aromatic N) is 2. The number of carbonyl (C=O) groups excluding carboxylic acids is 1. The highest BCUT2D eigenvalue weighted by atomic mass is 16.1. The molecule has 0 fully saturated rings. The van der Waals surface area contributed by atoms with Crippen LogP contribution >= 0.6 is 0 Å². The monoisotopic (exact) mass is 216 g/mol. The van der Waals surface area contributed by atoms with Crippen LogP contribution in [-0.2, 0) is 16.6 Å². The number of fused-ring (bicyclic) bond motifs is 1. The number of rotatable bonds is 2. The summed E-state index contributed by atoms with van der Waals surface area (Å²) in [6.45, 7) is 6.37. The molecule has 84 valence electrons. The molecule has 3 nitrogen and oxygen atoms in total. The van der Waals surface area contributed by atoms with Crippen LogP contribution < -0.4 is 0 Å². The van der Waals surface area contributed by atoms with Crippen molar-refractivity contribution in [2.45, 2.75) is 32.6 Å². The second-order valence-electron chi connectivity index (χ2n) is 4.96. The predicted molar refractivity (Wildman–Crippen MR) is 63.7 cm³/mol. The summed E-state index contributed by atoms with van der Waals surface area (Å²) in [4.78, 5) is 15.2. The van der Waals surface area contributed by atoms with Crippen molar-refractivity contribution in [3.8, 4) is 0 Å².